The van der Waals surface area contributed by atoms with Gasteiger partial charge in [0.2, 0.25) is 0 Å². The molecule has 10 heteroatoms. The maximum Gasteiger partial charge on any atom is 0.341 e. The second-order valence-corrected chi connectivity index (χ2v) is 8.96. The largest absolute Gasteiger partial charge is 0.341 e. The van der Waals surface area contributed by atoms with Gasteiger partial charge in [0, 0.05) is 0 Å². The summed E-state index contributed by atoms with van der Waals surface area (Å²) >= 11 is 0. The Morgan fingerprint density at radius 3 is 2.00 bits per heavy atom. The van der Waals surface area contributed by atoms with Gasteiger partial charge in [0.15, 0.2) is 5.40 Å². The standard InChI is InChI=1S/C8H17NO7P2/c1-9(2)5-3-4-6(7(9)10)8(17(11,12)13)18(14,15)16/h6,8H,3-5H2,1-2H3,(H3-,11,12,13,14,15,16)/p+1. The Labute approximate surface area is 105 Å². The molecule has 4 N–H and O–H groups in total. The maximum absolute atomic E-state index is 12.1. The summed E-state index contributed by atoms with van der Waals surface area (Å²) in [5.74, 6) is -1.85. The van der Waals surface area contributed by atoms with Crippen LogP contribution in [0.4, 0.5) is 0 Å². The smallest absolute Gasteiger partial charge is 0.324 e. The Bertz CT molecular complexity index is 415. The molecule has 0 aromatic rings. The summed E-state index contributed by atoms with van der Waals surface area (Å²) in [4.78, 5) is 48.5. The van der Waals surface area contributed by atoms with Gasteiger partial charge in [0.25, 0.3) is 0 Å². The van der Waals surface area contributed by atoms with Crippen molar-refractivity contribution in [3.05, 3.63) is 0 Å². The van der Waals surface area contributed by atoms with E-state index in [1.807, 2.05) is 0 Å². The third kappa shape index (κ3) is 3.27. The van der Waals surface area contributed by atoms with Crippen molar-refractivity contribution in [1.82, 2.24) is 0 Å². The molecule has 1 saturated heterocycles. The average Bonchev–Trinajstić information content (AvgIpc) is 2.08. The van der Waals surface area contributed by atoms with Gasteiger partial charge in [0.05, 0.1) is 20.6 Å². The summed E-state index contributed by atoms with van der Waals surface area (Å²) in [6, 6.07) is 0. The van der Waals surface area contributed by atoms with Crippen LogP contribution < -0.4 is 0 Å². The van der Waals surface area contributed by atoms with E-state index in [1.165, 1.54) is 0 Å². The van der Waals surface area contributed by atoms with Crippen molar-refractivity contribution >= 4 is 21.1 Å². The predicted molar refractivity (Wildman–Crippen MR) is 62.6 cm³/mol. The molecule has 1 amide bonds. The van der Waals surface area contributed by atoms with Crippen LogP contribution in [0.2, 0.25) is 0 Å². The lowest BCUT2D eigenvalue weighted by Gasteiger charge is -2.38. The van der Waals surface area contributed by atoms with E-state index in [9.17, 15) is 13.9 Å². The fourth-order valence-corrected chi connectivity index (χ4v) is 5.39. The summed E-state index contributed by atoms with van der Waals surface area (Å²) in [5.41, 5.74) is 0. The minimum Gasteiger partial charge on any atom is -0.324 e. The second kappa shape index (κ2) is 4.80. The zero-order valence-electron chi connectivity index (χ0n) is 10.1. The molecule has 0 saturated carbocycles. The van der Waals surface area contributed by atoms with Crippen LogP contribution in [-0.2, 0) is 13.9 Å². The van der Waals surface area contributed by atoms with Crippen LogP contribution in [-0.4, -0.2) is 56.0 Å². The number of amides is 1. The molecule has 1 fully saturated rings. The van der Waals surface area contributed by atoms with E-state index in [2.05, 4.69) is 0 Å². The number of hydrogen-bond donors (Lipinski definition) is 4. The number of hydrogen-bond acceptors (Lipinski definition) is 3. The quantitative estimate of drug-likeness (QED) is 0.415. The van der Waals surface area contributed by atoms with Gasteiger partial charge in [-0.25, -0.2) is 4.79 Å². The van der Waals surface area contributed by atoms with Crippen molar-refractivity contribution in [3.8, 4) is 0 Å². The number of carbonyl (C=O) groups is 1. The Kier molecular flexibility index (Phi) is 4.26. The van der Waals surface area contributed by atoms with Crippen LogP contribution in [0.15, 0.2) is 0 Å². The molecule has 1 aliphatic rings. The number of quaternary nitrogens is 1. The molecular weight excluding hydrogens is 284 g/mol. The minimum absolute atomic E-state index is 0.0847. The molecule has 18 heavy (non-hydrogen) atoms. The molecule has 1 aliphatic heterocycles. The Morgan fingerprint density at radius 1 is 1.17 bits per heavy atom. The average molecular weight is 302 g/mol. The number of nitrogens with zero attached hydrogens (tertiary/aromatic N) is 1. The number of carbonyl (C=O) groups excluding carboxylic acids is 1. The van der Waals surface area contributed by atoms with Gasteiger partial charge in [-0.2, -0.15) is 0 Å². The molecule has 0 aromatic carbocycles. The van der Waals surface area contributed by atoms with Gasteiger partial charge in [-0.05, 0) is 12.8 Å². The third-order valence-corrected chi connectivity index (χ3v) is 7.10. The molecule has 1 atom stereocenters. The van der Waals surface area contributed by atoms with E-state index in [0.29, 0.717) is 13.0 Å². The van der Waals surface area contributed by atoms with Crippen LogP contribution >= 0.6 is 15.2 Å². The lowest BCUT2D eigenvalue weighted by Crippen LogP contribution is -2.55. The lowest BCUT2D eigenvalue weighted by molar-refractivity contribution is -0.819. The Hall–Kier alpha value is -0.0700. The van der Waals surface area contributed by atoms with E-state index >= 15 is 0 Å². The van der Waals surface area contributed by atoms with Gasteiger partial charge < -0.3 is 19.6 Å². The molecule has 1 unspecified atom stereocenters. The molecule has 1 heterocycles. The predicted octanol–water partition coefficient (Wildman–Crippen LogP) is -0.319. The fourth-order valence-electron chi connectivity index (χ4n) is 2.33. The van der Waals surface area contributed by atoms with Crippen LogP contribution in [0.25, 0.3) is 0 Å². The Balaban J connectivity index is 3.20. The van der Waals surface area contributed by atoms with Crippen molar-refractivity contribution in [2.24, 2.45) is 5.92 Å². The molecule has 0 radical (unpaired) electrons. The summed E-state index contributed by atoms with van der Waals surface area (Å²) < 4.78 is 22.4. The highest BCUT2D eigenvalue weighted by Crippen LogP contribution is 2.64. The molecular formula is C8H18NO7P2+. The van der Waals surface area contributed by atoms with Crippen LogP contribution in [0.5, 0.6) is 0 Å². The van der Waals surface area contributed by atoms with E-state index in [1.54, 1.807) is 14.1 Å². The zero-order valence-corrected chi connectivity index (χ0v) is 11.9. The summed E-state index contributed by atoms with van der Waals surface area (Å²) in [5, 5.41) is -2.23. The molecule has 106 valence electrons. The van der Waals surface area contributed by atoms with Crippen LogP contribution in [0.3, 0.4) is 0 Å². The second-order valence-electron chi connectivity index (χ2n) is 5.09. The molecule has 0 aromatic heterocycles. The van der Waals surface area contributed by atoms with E-state index in [4.69, 9.17) is 19.6 Å². The van der Waals surface area contributed by atoms with Gasteiger partial charge in [0.1, 0.15) is 5.92 Å². The zero-order chi connectivity index (χ0) is 14.4. The fraction of sp³-hybridized carbons (Fsp3) is 0.875. The van der Waals surface area contributed by atoms with Crippen molar-refractivity contribution < 1.29 is 38.0 Å². The minimum atomic E-state index is -5.05. The Morgan fingerprint density at radius 2 is 1.61 bits per heavy atom. The van der Waals surface area contributed by atoms with Gasteiger partial charge in [-0.3, -0.25) is 13.6 Å². The highest BCUT2D eigenvalue weighted by Gasteiger charge is 2.56. The van der Waals surface area contributed by atoms with Gasteiger partial charge in [-0.1, -0.05) is 0 Å². The number of rotatable bonds is 3. The maximum atomic E-state index is 12.1. The first-order chi connectivity index (χ1) is 7.87. The highest BCUT2D eigenvalue weighted by molar-refractivity contribution is 7.70. The van der Waals surface area contributed by atoms with Gasteiger partial charge in [-0.15, -0.1) is 0 Å². The highest BCUT2D eigenvalue weighted by atomic mass is 31.2. The number of likely N-dealkylation sites (tertiary alicyclic amines) is 1. The first-order valence-corrected chi connectivity index (χ1v) is 8.71. The molecule has 0 aliphatic carbocycles. The topological polar surface area (TPSA) is 132 Å². The van der Waals surface area contributed by atoms with Crippen molar-refractivity contribution in [3.63, 3.8) is 0 Å². The molecule has 1 rings (SSSR count). The van der Waals surface area contributed by atoms with Crippen LogP contribution in [0, 0.1) is 5.92 Å². The summed E-state index contributed by atoms with van der Waals surface area (Å²) in [7, 11) is -6.99. The molecule has 0 spiro atoms. The normalized spacial score (nSPS) is 25.5. The lowest BCUT2D eigenvalue weighted by atomic mass is 9.97. The SMILES string of the molecule is C[N+]1(C)CCCC(C(P(=O)(O)O)P(=O)(O)O)C1=O. The first-order valence-electron chi connectivity index (χ1n) is 5.35. The van der Waals surface area contributed by atoms with Crippen LogP contribution in [0.1, 0.15) is 12.8 Å². The van der Waals surface area contributed by atoms with Gasteiger partial charge >= 0.3 is 21.1 Å². The van der Waals surface area contributed by atoms with Crippen molar-refractivity contribution in [2.75, 3.05) is 20.6 Å². The monoisotopic (exact) mass is 302 g/mol. The first kappa shape index (κ1) is 16.0. The summed E-state index contributed by atoms with van der Waals surface area (Å²) in [6.45, 7) is 0.490. The number of piperidine rings is 1. The summed E-state index contributed by atoms with van der Waals surface area (Å²) in [6.07, 6.45) is 0.571. The van der Waals surface area contributed by atoms with Crippen molar-refractivity contribution in [2.45, 2.75) is 18.2 Å². The van der Waals surface area contributed by atoms with E-state index in [-0.39, 0.29) is 10.9 Å². The van der Waals surface area contributed by atoms with E-state index < -0.39 is 32.4 Å². The molecule has 8 nitrogen and oxygen atoms in total. The third-order valence-electron chi connectivity index (χ3n) is 3.20. The van der Waals surface area contributed by atoms with Crippen molar-refractivity contribution in [1.29, 1.82) is 0 Å². The van der Waals surface area contributed by atoms with E-state index in [0.717, 1.165) is 0 Å². The molecule has 0 bridgehead atoms.